The van der Waals surface area contributed by atoms with E-state index in [9.17, 15) is 4.79 Å². The van der Waals surface area contributed by atoms with Gasteiger partial charge in [-0.05, 0) is 50.2 Å². The Kier molecular flexibility index (Phi) is 9.27. The van der Waals surface area contributed by atoms with Crippen molar-refractivity contribution in [2.75, 3.05) is 38.7 Å². The maximum absolute atomic E-state index is 12.7. The minimum Gasteiger partial charge on any atom is -0.493 e. The van der Waals surface area contributed by atoms with Crippen molar-refractivity contribution in [1.82, 2.24) is 9.88 Å². The first-order valence-corrected chi connectivity index (χ1v) is 11.5. The molecule has 0 radical (unpaired) electrons. The van der Waals surface area contributed by atoms with Gasteiger partial charge >= 0.3 is 0 Å². The molecule has 3 rings (SSSR count). The normalized spacial score (nSPS) is 10.8. The van der Waals surface area contributed by atoms with Gasteiger partial charge in [0.25, 0.3) is 5.91 Å². The molecule has 0 spiro atoms. The molecule has 33 heavy (non-hydrogen) atoms. The minimum atomic E-state index is -0.227. The number of ether oxygens (including phenoxy) is 2. The van der Waals surface area contributed by atoms with Crippen molar-refractivity contribution < 1.29 is 14.3 Å². The second-order valence-corrected chi connectivity index (χ2v) is 7.81. The van der Waals surface area contributed by atoms with Crippen LogP contribution in [0.3, 0.4) is 0 Å². The van der Waals surface area contributed by atoms with Crippen molar-refractivity contribution in [3.8, 4) is 22.8 Å². The van der Waals surface area contributed by atoms with Gasteiger partial charge in [0.15, 0.2) is 11.5 Å². The molecule has 0 aliphatic heterocycles. The van der Waals surface area contributed by atoms with Crippen LogP contribution in [-0.4, -0.2) is 49.1 Å². The zero-order valence-electron chi connectivity index (χ0n) is 19.7. The lowest BCUT2D eigenvalue weighted by atomic mass is 10.1. The predicted octanol–water partition coefficient (Wildman–Crippen LogP) is 5.51. The van der Waals surface area contributed by atoms with Gasteiger partial charge in [-0.2, -0.15) is 0 Å². The molecule has 0 aliphatic carbocycles. The summed E-state index contributed by atoms with van der Waals surface area (Å²) in [6.07, 6.45) is 3.83. The number of hydrogen-bond donors (Lipinski definition) is 1. The van der Waals surface area contributed by atoms with Crippen LogP contribution >= 0.6 is 0 Å². The molecule has 0 saturated heterocycles. The molecule has 1 N–H and O–H groups in total. The molecule has 6 heteroatoms. The second-order valence-electron chi connectivity index (χ2n) is 7.81. The van der Waals surface area contributed by atoms with Crippen molar-refractivity contribution in [3.63, 3.8) is 0 Å². The lowest BCUT2D eigenvalue weighted by Crippen LogP contribution is -2.30. The fourth-order valence-electron chi connectivity index (χ4n) is 3.63. The van der Waals surface area contributed by atoms with Crippen LogP contribution in [-0.2, 0) is 0 Å². The van der Waals surface area contributed by atoms with Crippen LogP contribution in [0.25, 0.3) is 11.3 Å². The molecule has 1 amide bonds. The summed E-state index contributed by atoms with van der Waals surface area (Å²) in [6, 6.07) is 18.9. The van der Waals surface area contributed by atoms with E-state index in [1.807, 2.05) is 36.4 Å². The summed E-state index contributed by atoms with van der Waals surface area (Å²) in [6.45, 7) is 7.88. The first-order chi connectivity index (χ1) is 16.1. The van der Waals surface area contributed by atoms with E-state index in [-0.39, 0.29) is 5.91 Å². The highest BCUT2D eigenvalue weighted by Crippen LogP contribution is 2.30. The number of pyridine rings is 1. The molecule has 6 nitrogen and oxygen atoms in total. The van der Waals surface area contributed by atoms with Crippen LogP contribution in [0.4, 0.5) is 5.69 Å². The summed E-state index contributed by atoms with van der Waals surface area (Å²) in [7, 11) is 1.61. The van der Waals surface area contributed by atoms with E-state index in [4.69, 9.17) is 9.47 Å². The minimum absolute atomic E-state index is 0.227. The summed E-state index contributed by atoms with van der Waals surface area (Å²) < 4.78 is 11.4. The van der Waals surface area contributed by atoms with E-state index in [2.05, 4.69) is 29.0 Å². The molecule has 0 bridgehead atoms. The summed E-state index contributed by atoms with van der Waals surface area (Å²) in [5, 5.41) is 2.92. The first-order valence-electron chi connectivity index (χ1n) is 11.5. The van der Waals surface area contributed by atoms with Crippen LogP contribution in [0.5, 0.6) is 11.5 Å². The lowest BCUT2D eigenvalue weighted by Gasteiger charge is -2.21. The fraction of sp³-hybridized carbons (Fsp3) is 0.333. The third kappa shape index (κ3) is 7.05. The highest BCUT2D eigenvalue weighted by Gasteiger charge is 2.12. The Morgan fingerprint density at radius 3 is 2.33 bits per heavy atom. The van der Waals surface area contributed by atoms with Crippen LogP contribution in [0.2, 0.25) is 0 Å². The van der Waals surface area contributed by atoms with Crippen LogP contribution < -0.4 is 14.8 Å². The molecule has 1 heterocycles. The van der Waals surface area contributed by atoms with Gasteiger partial charge in [-0.3, -0.25) is 14.7 Å². The lowest BCUT2D eigenvalue weighted by molar-refractivity contribution is 0.102. The Balaban J connectivity index is 1.64. The van der Waals surface area contributed by atoms with Gasteiger partial charge in [0.1, 0.15) is 6.61 Å². The molecule has 1 aromatic heterocycles. The zero-order valence-corrected chi connectivity index (χ0v) is 19.7. The number of carbonyl (C=O) groups excluding carboxylic acids is 1. The van der Waals surface area contributed by atoms with Crippen molar-refractivity contribution in [3.05, 3.63) is 72.4 Å². The van der Waals surface area contributed by atoms with Gasteiger partial charge in [-0.15, -0.1) is 0 Å². The number of carbonyl (C=O) groups is 1. The maximum atomic E-state index is 12.7. The van der Waals surface area contributed by atoms with E-state index in [1.54, 1.807) is 37.6 Å². The van der Waals surface area contributed by atoms with Gasteiger partial charge in [-0.25, -0.2) is 0 Å². The average molecular weight is 448 g/mol. The number of nitrogens with one attached hydrogen (secondary N) is 1. The molecule has 0 unspecified atom stereocenters. The second kappa shape index (κ2) is 12.6. The van der Waals surface area contributed by atoms with Crippen molar-refractivity contribution >= 4 is 11.6 Å². The molecule has 0 atom stereocenters. The standard InChI is InChI=1S/C27H33N3O3/c1-4-15-30(16-5-2)17-18-33-26-19-23(12-14-25(26)32-3)29-27(31)22-11-13-24(28-20-22)21-9-7-6-8-10-21/h6-14,19-20H,4-5,15-18H2,1-3H3,(H,29,31). The molecule has 3 aromatic rings. The monoisotopic (exact) mass is 447 g/mol. The van der Waals surface area contributed by atoms with Gasteiger partial charge in [-0.1, -0.05) is 44.2 Å². The molecule has 0 saturated carbocycles. The van der Waals surface area contributed by atoms with Crippen molar-refractivity contribution in [2.24, 2.45) is 0 Å². The quantitative estimate of drug-likeness (QED) is 0.397. The number of rotatable bonds is 12. The van der Waals surface area contributed by atoms with Crippen molar-refractivity contribution in [1.29, 1.82) is 0 Å². The number of amides is 1. The number of anilines is 1. The highest BCUT2D eigenvalue weighted by molar-refractivity contribution is 6.04. The Morgan fingerprint density at radius 2 is 1.70 bits per heavy atom. The number of nitrogens with zero attached hydrogens (tertiary/aromatic N) is 2. The number of methoxy groups -OCH3 is 1. The highest BCUT2D eigenvalue weighted by atomic mass is 16.5. The number of aromatic nitrogens is 1. The fourth-order valence-corrected chi connectivity index (χ4v) is 3.63. The Labute approximate surface area is 196 Å². The Morgan fingerprint density at radius 1 is 0.939 bits per heavy atom. The maximum Gasteiger partial charge on any atom is 0.257 e. The van der Waals surface area contributed by atoms with Gasteiger partial charge in [0, 0.05) is 30.1 Å². The third-order valence-electron chi connectivity index (χ3n) is 5.26. The third-order valence-corrected chi connectivity index (χ3v) is 5.26. The summed E-state index contributed by atoms with van der Waals surface area (Å²) >= 11 is 0. The SMILES string of the molecule is CCCN(CCC)CCOc1cc(NC(=O)c2ccc(-c3ccccc3)nc2)ccc1OC. The van der Waals surface area contributed by atoms with E-state index in [0.717, 1.165) is 43.7 Å². The smallest absolute Gasteiger partial charge is 0.257 e. The van der Waals surface area contributed by atoms with E-state index >= 15 is 0 Å². The summed E-state index contributed by atoms with van der Waals surface area (Å²) in [5.74, 6) is 1.02. The largest absolute Gasteiger partial charge is 0.493 e. The van der Waals surface area contributed by atoms with Crippen LogP contribution in [0, 0.1) is 0 Å². The molecular weight excluding hydrogens is 414 g/mol. The van der Waals surface area contributed by atoms with Crippen molar-refractivity contribution in [2.45, 2.75) is 26.7 Å². The zero-order chi connectivity index (χ0) is 23.5. The summed E-state index contributed by atoms with van der Waals surface area (Å²) in [5.41, 5.74) is 2.97. The predicted molar refractivity (Wildman–Crippen MR) is 133 cm³/mol. The topological polar surface area (TPSA) is 63.7 Å². The molecule has 174 valence electrons. The van der Waals surface area contributed by atoms with Crippen LogP contribution in [0.15, 0.2) is 66.9 Å². The Hall–Kier alpha value is -3.38. The molecule has 0 aliphatic rings. The average Bonchev–Trinajstić information content (AvgIpc) is 2.85. The number of hydrogen-bond acceptors (Lipinski definition) is 5. The van der Waals surface area contributed by atoms with Gasteiger partial charge in [0.2, 0.25) is 0 Å². The number of benzene rings is 2. The molecule has 2 aromatic carbocycles. The van der Waals surface area contributed by atoms with E-state index < -0.39 is 0 Å². The van der Waals surface area contributed by atoms with E-state index in [1.165, 1.54) is 0 Å². The molecule has 0 fully saturated rings. The first kappa shape index (κ1) is 24.3. The van der Waals surface area contributed by atoms with E-state index in [0.29, 0.717) is 29.4 Å². The summed E-state index contributed by atoms with van der Waals surface area (Å²) in [4.78, 5) is 19.6. The Bertz CT molecular complexity index is 1000. The van der Waals surface area contributed by atoms with Gasteiger partial charge in [0.05, 0.1) is 18.4 Å². The van der Waals surface area contributed by atoms with Gasteiger partial charge < -0.3 is 14.8 Å². The van der Waals surface area contributed by atoms with Crippen LogP contribution in [0.1, 0.15) is 37.0 Å². The molecular formula is C27H33N3O3.